The molecule has 1 fully saturated rings. The normalized spacial score (nSPS) is 31.4. The zero-order valence-electron chi connectivity index (χ0n) is 20.6. The number of rotatable bonds is 4. The van der Waals surface area contributed by atoms with Gasteiger partial charge in [0.2, 0.25) is 6.75 Å². The van der Waals surface area contributed by atoms with E-state index in [1.54, 1.807) is 6.07 Å². The molecule has 0 radical (unpaired) electrons. The number of fused-ring (bicyclic) bond motifs is 1. The van der Waals surface area contributed by atoms with E-state index in [-0.39, 0.29) is 36.6 Å². The third-order valence-corrected chi connectivity index (χ3v) is 4.05. The van der Waals surface area contributed by atoms with Gasteiger partial charge in [-0.15, -0.1) is 0 Å². The van der Waals surface area contributed by atoms with Gasteiger partial charge in [0, 0.05) is 21.3 Å². The van der Waals surface area contributed by atoms with Gasteiger partial charge in [0.25, 0.3) is 0 Å². The van der Waals surface area contributed by atoms with Crippen molar-refractivity contribution in [3.05, 3.63) is 53.7 Å². The lowest BCUT2D eigenvalue weighted by Crippen LogP contribution is -2.38. The summed E-state index contributed by atoms with van der Waals surface area (Å²) in [6.45, 7) is -3.94. The summed E-state index contributed by atoms with van der Waals surface area (Å²) in [7, 11) is 0. The van der Waals surface area contributed by atoms with Crippen molar-refractivity contribution in [1.82, 2.24) is 5.32 Å². The van der Waals surface area contributed by atoms with Crippen LogP contribution in [-0.4, -0.2) is 26.4 Å². The number of hydrogen-bond acceptors (Lipinski definition) is 4. The molecule has 0 spiro atoms. The number of benzene rings is 2. The number of hydrogen-bond donors (Lipinski definition) is 1. The van der Waals surface area contributed by atoms with Crippen LogP contribution in [0.5, 0.6) is 17.2 Å². The maximum Gasteiger partial charge on any atom is 0.231 e. The van der Waals surface area contributed by atoms with Gasteiger partial charge in [0.15, 0.2) is 11.5 Å². The Labute approximate surface area is 151 Å². The van der Waals surface area contributed by atoms with Crippen molar-refractivity contribution in [2.45, 2.75) is 12.3 Å². The minimum Gasteiger partial charge on any atom is -0.493 e. The fourth-order valence-corrected chi connectivity index (χ4v) is 2.76. The Kier molecular flexibility index (Phi) is 2.43. The van der Waals surface area contributed by atoms with E-state index in [2.05, 4.69) is 5.32 Å². The molecular formula is C19H20FNO3. The van der Waals surface area contributed by atoms with Crippen molar-refractivity contribution in [1.29, 1.82) is 0 Å². The minimum atomic E-state index is -2.27. The molecule has 4 rings (SSSR count). The Bertz CT molecular complexity index is 1040. The number of piperidine rings is 1. The van der Waals surface area contributed by atoms with E-state index in [4.69, 9.17) is 25.2 Å². The Morgan fingerprint density at radius 1 is 1.25 bits per heavy atom. The molecule has 2 heterocycles. The second-order valence-corrected chi connectivity index (χ2v) is 5.56. The van der Waals surface area contributed by atoms with E-state index in [0.29, 0.717) is 5.75 Å². The average molecular weight is 337 g/mol. The molecule has 4 nitrogen and oxygen atoms in total. The molecular weight excluding hydrogens is 309 g/mol. The van der Waals surface area contributed by atoms with E-state index in [1.165, 1.54) is 12.1 Å². The first-order valence-electron chi connectivity index (χ1n) is 11.5. The van der Waals surface area contributed by atoms with Crippen LogP contribution in [0.25, 0.3) is 0 Å². The molecule has 0 bridgehead atoms. The number of halogens is 1. The molecule has 1 saturated heterocycles. The average Bonchev–Trinajstić information content (AvgIpc) is 3.03. The molecule has 1 N–H and O–H groups in total. The van der Waals surface area contributed by atoms with Crippen molar-refractivity contribution in [2.24, 2.45) is 5.92 Å². The Balaban J connectivity index is 1.60. The topological polar surface area (TPSA) is 39.7 Å². The van der Waals surface area contributed by atoms with Gasteiger partial charge in [0.05, 0.1) is 12.1 Å². The lowest BCUT2D eigenvalue weighted by atomic mass is 9.81. The summed E-state index contributed by atoms with van der Waals surface area (Å²) in [6, 6.07) is 1.88. The summed E-state index contributed by atoms with van der Waals surface area (Å²) in [5, 5.41) is 2.75. The third-order valence-electron chi connectivity index (χ3n) is 4.05. The third kappa shape index (κ3) is 3.17. The van der Waals surface area contributed by atoms with Gasteiger partial charge in [-0.05, 0) is 48.6 Å². The first kappa shape index (κ1) is 8.72. The van der Waals surface area contributed by atoms with Crippen LogP contribution in [0.3, 0.4) is 0 Å². The second-order valence-electron chi connectivity index (χ2n) is 5.56. The lowest BCUT2D eigenvalue weighted by molar-refractivity contribution is 0.173. The molecule has 0 saturated carbocycles. The summed E-state index contributed by atoms with van der Waals surface area (Å²) in [6.07, 6.45) is -0.148. The molecule has 2 aliphatic heterocycles. The SMILES string of the molecule is [2H]c1c([2H])c([C@@H]2CC([2H])([2H])NCC2COc2ccc3c(c2)OC([2H])([2H])O3)c([2H])c([2H])c1F. The van der Waals surface area contributed by atoms with Crippen molar-refractivity contribution >= 4 is 0 Å². The first-order valence-corrected chi connectivity index (χ1v) is 7.54. The van der Waals surface area contributed by atoms with E-state index < -0.39 is 55.1 Å². The smallest absolute Gasteiger partial charge is 0.231 e. The molecule has 2 aromatic rings. The van der Waals surface area contributed by atoms with Crippen LogP contribution in [0.2, 0.25) is 0 Å². The fourth-order valence-electron chi connectivity index (χ4n) is 2.76. The molecule has 2 aromatic carbocycles. The first-order chi connectivity index (χ1) is 14.9. The van der Waals surface area contributed by atoms with Gasteiger partial charge >= 0.3 is 0 Å². The maximum atomic E-state index is 14.0. The molecule has 0 aromatic heterocycles. The highest BCUT2D eigenvalue weighted by Gasteiger charge is 2.27. The van der Waals surface area contributed by atoms with E-state index in [1.807, 2.05) is 0 Å². The predicted molar refractivity (Wildman–Crippen MR) is 88.2 cm³/mol. The highest BCUT2D eigenvalue weighted by Crippen LogP contribution is 2.36. The molecule has 0 aliphatic carbocycles. The van der Waals surface area contributed by atoms with Crippen LogP contribution in [0.4, 0.5) is 4.39 Å². The molecule has 24 heavy (non-hydrogen) atoms. The Morgan fingerprint density at radius 2 is 2.08 bits per heavy atom. The van der Waals surface area contributed by atoms with Gasteiger partial charge in [-0.2, -0.15) is 0 Å². The van der Waals surface area contributed by atoms with Crippen LogP contribution in [-0.2, 0) is 0 Å². The zero-order chi connectivity index (χ0) is 23.4. The summed E-state index contributed by atoms with van der Waals surface area (Å²) >= 11 is 0. The lowest BCUT2D eigenvalue weighted by Gasteiger charge is -2.32. The monoisotopic (exact) mass is 337 g/mol. The van der Waals surface area contributed by atoms with Crippen molar-refractivity contribution in [3.63, 3.8) is 0 Å². The highest BCUT2D eigenvalue weighted by molar-refractivity contribution is 5.46. The highest BCUT2D eigenvalue weighted by atomic mass is 19.1. The van der Waals surface area contributed by atoms with Crippen molar-refractivity contribution < 1.29 is 29.6 Å². The molecule has 5 heteroatoms. The standard InChI is InChI=1S/C19H20FNO3/c20-15-3-1-13(2-4-15)17-7-8-21-10-14(17)11-22-16-5-6-18-19(9-16)24-12-23-18/h1-6,9,14,17,21H,7-8,10-12H2/t14?,17-/m0/s1/i1D,2D,3D,4D,8D2,12D2. The number of nitrogens with one attached hydrogen (secondary N) is 1. The van der Waals surface area contributed by atoms with E-state index >= 15 is 0 Å². The van der Waals surface area contributed by atoms with Gasteiger partial charge in [-0.3, -0.25) is 0 Å². The summed E-state index contributed by atoms with van der Waals surface area (Å²) < 4.78 is 92.9. The van der Waals surface area contributed by atoms with E-state index in [0.717, 1.165) is 0 Å². The predicted octanol–water partition coefficient (Wildman–Crippen LogP) is 3.33. The minimum absolute atomic E-state index is 0.0250. The summed E-state index contributed by atoms with van der Waals surface area (Å²) in [4.78, 5) is 0. The van der Waals surface area contributed by atoms with Crippen LogP contribution in [0.1, 0.15) is 28.9 Å². The molecule has 2 aliphatic rings. The van der Waals surface area contributed by atoms with Gasteiger partial charge in [-0.1, -0.05) is 12.1 Å². The Morgan fingerprint density at radius 3 is 2.96 bits per heavy atom. The maximum absolute atomic E-state index is 14.0. The van der Waals surface area contributed by atoms with Crippen LogP contribution >= 0.6 is 0 Å². The van der Waals surface area contributed by atoms with E-state index in [9.17, 15) is 4.39 Å². The second kappa shape index (κ2) is 6.69. The Hall–Kier alpha value is -2.27. The van der Waals surface area contributed by atoms with Gasteiger partial charge in [-0.25, -0.2) is 4.39 Å². The van der Waals surface area contributed by atoms with Gasteiger partial charge < -0.3 is 19.5 Å². The molecule has 126 valence electrons. The molecule has 2 atom stereocenters. The summed E-state index contributed by atoms with van der Waals surface area (Å²) in [5.41, 5.74) is -0.0424. The number of ether oxygens (including phenoxy) is 3. The summed E-state index contributed by atoms with van der Waals surface area (Å²) in [5.74, 6) is -1.72. The largest absolute Gasteiger partial charge is 0.493 e. The van der Waals surface area contributed by atoms with Crippen molar-refractivity contribution in [2.75, 3.05) is 26.4 Å². The van der Waals surface area contributed by atoms with Crippen LogP contribution in [0.15, 0.2) is 42.4 Å². The fraction of sp³-hybridized carbons (Fsp3) is 0.368. The van der Waals surface area contributed by atoms with Crippen LogP contribution in [0, 0.1) is 11.7 Å². The molecule has 0 amide bonds. The quantitative estimate of drug-likeness (QED) is 0.929. The van der Waals surface area contributed by atoms with Gasteiger partial charge in [0.1, 0.15) is 14.3 Å². The van der Waals surface area contributed by atoms with Crippen LogP contribution < -0.4 is 19.5 Å². The zero-order valence-corrected chi connectivity index (χ0v) is 12.6. The van der Waals surface area contributed by atoms with Crippen molar-refractivity contribution in [3.8, 4) is 17.2 Å². The molecule has 1 unspecified atom stereocenters.